The summed E-state index contributed by atoms with van der Waals surface area (Å²) in [7, 11) is -3.34. The van der Waals surface area contributed by atoms with Gasteiger partial charge in [0.25, 0.3) is 0 Å². The number of thioether (sulfide) groups is 1. The minimum Gasteiger partial charge on any atom is -0.340 e. The smallest absolute Gasteiger partial charge is 0.165 e. The van der Waals surface area contributed by atoms with Crippen molar-refractivity contribution in [1.29, 1.82) is 0 Å². The van der Waals surface area contributed by atoms with Crippen molar-refractivity contribution in [2.24, 2.45) is 0 Å². The Balaban J connectivity index is 1.64. The molecule has 188 valence electrons. The first-order valence-corrected chi connectivity index (χ1v) is 14.9. The van der Waals surface area contributed by atoms with Gasteiger partial charge in [-0.2, -0.15) is 0 Å². The van der Waals surface area contributed by atoms with E-state index in [1.807, 2.05) is 30.5 Å². The number of H-pyrrole nitrogens is 1. The fourth-order valence-corrected chi connectivity index (χ4v) is 5.96. The van der Waals surface area contributed by atoms with Crippen LogP contribution >= 0.6 is 11.8 Å². The molecule has 0 aliphatic rings. The van der Waals surface area contributed by atoms with Gasteiger partial charge in [0.15, 0.2) is 15.0 Å². The monoisotopic (exact) mass is 527 g/mol. The van der Waals surface area contributed by atoms with Crippen LogP contribution in [0.15, 0.2) is 96.5 Å². The highest BCUT2D eigenvalue weighted by Crippen LogP contribution is 2.40. The number of aromatic nitrogens is 3. The van der Waals surface area contributed by atoms with Gasteiger partial charge in [-0.05, 0) is 72.9 Å². The molecule has 0 radical (unpaired) electrons. The Kier molecular flexibility index (Phi) is 6.68. The SMILES string of the molecule is CC(Sc1ncc[nH]1)c1ccccc1-c1cccc(-c2cc(C(C)(C)S(C)(=O)=O)cc3cccnc23)c1. The molecular formula is C30H29N3O2S2. The maximum atomic E-state index is 12.7. The van der Waals surface area contributed by atoms with Gasteiger partial charge in [-0.1, -0.05) is 60.3 Å². The van der Waals surface area contributed by atoms with Gasteiger partial charge >= 0.3 is 0 Å². The highest BCUT2D eigenvalue weighted by atomic mass is 32.2. The summed E-state index contributed by atoms with van der Waals surface area (Å²) in [5.41, 5.74) is 6.98. The molecule has 0 saturated heterocycles. The molecule has 0 bridgehead atoms. The van der Waals surface area contributed by atoms with Crippen molar-refractivity contribution in [2.75, 3.05) is 6.26 Å². The predicted octanol–water partition coefficient (Wildman–Crippen LogP) is 7.42. The number of nitrogens with zero attached hydrogens (tertiary/aromatic N) is 2. The van der Waals surface area contributed by atoms with Crippen molar-refractivity contribution in [2.45, 2.75) is 35.9 Å². The summed E-state index contributed by atoms with van der Waals surface area (Å²) in [5, 5.41) is 1.99. The van der Waals surface area contributed by atoms with E-state index < -0.39 is 14.6 Å². The fourth-order valence-electron chi connectivity index (χ4n) is 4.49. The fraction of sp³-hybridized carbons (Fsp3) is 0.200. The van der Waals surface area contributed by atoms with Gasteiger partial charge in [-0.25, -0.2) is 13.4 Å². The molecule has 5 rings (SSSR count). The van der Waals surface area contributed by atoms with E-state index in [1.165, 1.54) is 11.8 Å². The van der Waals surface area contributed by atoms with E-state index in [0.29, 0.717) is 0 Å². The van der Waals surface area contributed by atoms with Crippen LogP contribution in [0.4, 0.5) is 0 Å². The van der Waals surface area contributed by atoms with Crippen molar-refractivity contribution in [3.05, 3.63) is 103 Å². The number of hydrogen-bond acceptors (Lipinski definition) is 5. The van der Waals surface area contributed by atoms with Gasteiger partial charge in [0.2, 0.25) is 0 Å². The number of rotatable bonds is 7. The second-order valence-electron chi connectivity index (χ2n) is 9.70. The molecule has 2 heterocycles. The maximum absolute atomic E-state index is 12.7. The number of benzene rings is 3. The van der Waals surface area contributed by atoms with Crippen LogP contribution in [0.3, 0.4) is 0 Å². The number of aromatic amines is 1. The van der Waals surface area contributed by atoms with Gasteiger partial charge in [0, 0.05) is 41.0 Å². The van der Waals surface area contributed by atoms with Gasteiger partial charge in [0.05, 0.1) is 10.3 Å². The lowest BCUT2D eigenvalue weighted by atomic mass is 9.91. The van der Waals surface area contributed by atoms with Crippen LogP contribution < -0.4 is 0 Å². The molecule has 0 aliphatic heterocycles. The summed E-state index contributed by atoms with van der Waals surface area (Å²) in [6.45, 7) is 5.70. The Morgan fingerprint density at radius 1 is 0.865 bits per heavy atom. The lowest BCUT2D eigenvalue weighted by Gasteiger charge is -2.24. The zero-order valence-electron chi connectivity index (χ0n) is 21.3. The predicted molar refractivity (Wildman–Crippen MR) is 153 cm³/mol. The van der Waals surface area contributed by atoms with Gasteiger partial charge in [-0.15, -0.1) is 0 Å². The van der Waals surface area contributed by atoms with Crippen molar-refractivity contribution in [3.63, 3.8) is 0 Å². The van der Waals surface area contributed by atoms with Crippen LogP contribution in [0.2, 0.25) is 0 Å². The highest BCUT2D eigenvalue weighted by Gasteiger charge is 2.33. The second kappa shape index (κ2) is 9.80. The lowest BCUT2D eigenvalue weighted by molar-refractivity contribution is 0.561. The summed E-state index contributed by atoms with van der Waals surface area (Å²) in [5.74, 6) is 0. The molecule has 0 spiro atoms. The van der Waals surface area contributed by atoms with Gasteiger partial charge < -0.3 is 4.98 Å². The first kappa shape index (κ1) is 25.2. The van der Waals surface area contributed by atoms with E-state index in [0.717, 1.165) is 43.9 Å². The molecule has 3 aromatic carbocycles. The molecule has 1 unspecified atom stereocenters. The Morgan fingerprint density at radius 2 is 1.62 bits per heavy atom. The number of imidazole rings is 1. The molecule has 0 amide bonds. The highest BCUT2D eigenvalue weighted by molar-refractivity contribution is 7.99. The second-order valence-corrected chi connectivity index (χ2v) is 13.6. The Morgan fingerprint density at radius 3 is 2.35 bits per heavy atom. The number of pyridine rings is 1. The van der Waals surface area contributed by atoms with E-state index in [4.69, 9.17) is 0 Å². The van der Waals surface area contributed by atoms with Crippen LogP contribution in [-0.2, 0) is 14.6 Å². The molecule has 7 heteroatoms. The molecule has 5 nitrogen and oxygen atoms in total. The third-order valence-corrected chi connectivity index (χ3v) is 10.1. The summed E-state index contributed by atoms with van der Waals surface area (Å²) in [6.07, 6.45) is 6.67. The average Bonchev–Trinajstić information content (AvgIpc) is 3.40. The molecule has 0 saturated carbocycles. The molecule has 1 N–H and O–H groups in total. The van der Waals surface area contributed by atoms with Crippen LogP contribution in [0, 0.1) is 0 Å². The van der Waals surface area contributed by atoms with Crippen LogP contribution in [0.25, 0.3) is 33.2 Å². The van der Waals surface area contributed by atoms with Gasteiger partial charge in [0.1, 0.15) is 0 Å². The zero-order chi connectivity index (χ0) is 26.2. The van der Waals surface area contributed by atoms with Gasteiger partial charge in [-0.3, -0.25) is 4.98 Å². The quantitative estimate of drug-likeness (QED) is 0.223. The Hall–Kier alpha value is -3.42. The normalized spacial score (nSPS) is 13.1. The Labute approximate surface area is 222 Å². The third-order valence-electron chi connectivity index (χ3n) is 6.97. The van der Waals surface area contributed by atoms with Crippen molar-refractivity contribution >= 4 is 32.5 Å². The topological polar surface area (TPSA) is 75.7 Å². The molecule has 37 heavy (non-hydrogen) atoms. The zero-order valence-corrected chi connectivity index (χ0v) is 22.9. The molecular weight excluding hydrogens is 498 g/mol. The van der Waals surface area contributed by atoms with Crippen LogP contribution in [0.1, 0.15) is 37.1 Å². The number of fused-ring (bicyclic) bond motifs is 1. The first-order chi connectivity index (χ1) is 17.6. The molecule has 5 aromatic rings. The molecule has 0 fully saturated rings. The van der Waals surface area contributed by atoms with Crippen LogP contribution in [0.5, 0.6) is 0 Å². The maximum Gasteiger partial charge on any atom is 0.165 e. The Bertz CT molecular complexity index is 1680. The summed E-state index contributed by atoms with van der Waals surface area (Å²) in [4.78, 5) is 12.2. The van der Waals surface area contributed by atoms with Crippen molar-refractivity contribution in [3.8, 4) is 22.3 Å². The number of nitrogens with one attached hydrogen (secondary N) is 1. The van der Waals surface area contributed by atoms with E-state index in [-0.39, 0.29) is 5.25 Å². The number of sulfone groups is 1. The summed E-state index contributed by atoms with van der Waals surface area (Å²) in [6, 6.07) is 24.6. The van der Waals surface area contributed by atoms with Crippen LogP contribution in [-0.4, -0.2) is 29.6 Å². The summed E-state index contributed by atoms with van der Waals surface area (Å²) >= 11 is 1.69. The first-order valence-electron chi connectivity index (χ1n) is 12.1. The third kappa shape index (κ3) is 4.93. The van der Waals surface area contributed by atoms with E-state index in [2.05, 4.69) is 70.4 Å². The average molecular weight is 528 g/mol. The van der Waals surface area contributed by atoms with Crippen molar-refractivity contribution < 1.29 is 8.42 Å². The minimum atomic E-state index is -3.34. The molecule has 0 aliphatic carbocycles. The summed E-state index contributed by atoms with van der Waals surface area (Å²) < 4.78 is 24.3. The molecule has 1 atom stereocenters. The minimum absolute atomic E-state index is 0.187. The lowest BCUT2D eigenvalue weighted by Crippen LogP contribution is -2.28. The van der Waals surface area contributed by atoms with E-state index in [9.17, 15) is 8.42 Å². The van der Waals surface area contributed by atoms with Crippen molar-refractivity contribution in [1.82, 2.24) is 15.0 Å². The standard InChI is InChI=1S/C30H29N3O2S2/c1-20(36-29-32-15-16-33-29)25-12-5-6-13-26(25)21-9-7-10-22(17-21)27-19-24(30(2,3)37(4,34)35)18-23-11-8-14-31-28(23)27/h5-20H,1-4H3,(H,32,33). The van der Waals surface area contributed by atoms with E-state index >= 15 is 0 Å². The largest absolute Gasteiger partial charge is 0.340 e. The number of hydrogen-bond donors (Lipinski definition) is 1. The molecule has 2 aromatic heterocycles. The van der Waals surface area contributed by atoms with E-state index in [1.54, 1.807) is 38.0 Å².